The molecule has 3 heterocycles. The van der Waals surface area contributed by atoms with E-state index in [1.54, 1.807) is 25.7 Å². The van der Waals surface area contributed by atoms with Crippen LogP contribution in [0.5, 0.6) is 0 Å². The third-order valence-electron chi connectivity index (χ3n) is 4.52. The Balaban J connectivity index is 1.73. The van der Waals surface area contributed by atoms with E-state index in [-0.39, 0.29) is 12.1 Å². The predicted octanol–water partition coefficient (Wildman–Crippen LogP) is 1.52. The highest BCUT2D eigenvalue weighted by Crippen LogP contribution is 2.27. The summed E-state index contributed by atoms with van der Waals surface area (Å²) in [5, 5.41) is 12.2. The maximum absolute atomic E-state index is 8.84. The van der Waals surface area contributed by atoms with Crippen molar-refractivity contribution in [3.05, 3.63) is 36.4 Å². The molecule has 2 aromatic rings. The van der Waals surface area contributed by atoms with E-state index in [4.69, 9.17) is 10.00 Å². The van der Waals surface area contributed by atoms with Gasteiger partial charge in [-0.3, -0.25) is 0 Å². The molecule has 0 aromatic carbocycles. The highest BCUT2D eigenvalue weighted by atomic mass is 16.5. The number of hydrogen-bond donors (Lipinski definition) is 1. The first-order chi connectivity index (χ1) is 12.6. The first kappa shape index (κ1) is 17.9. The number of hydrogen-bond acceptors (Lipinski definition) is 8. The van der Waals surface area contributed by atoms with Gasteiger partial charge in [-0.05, 0) is 18.6 Å². The number of nitrogens with zero attached hydrogens (tertiary/aromatic N) is 6. The molecule has 0 bridgehead atoms. The summed E-state index contributed by atoms with van der Waals surface area (Å²) in [7, 11) is 5.67. The van der Waals surface area contributed by atoms with Crippen molar-refractivity contribution in [2.24, 2.45) is 0 Å². The number of nitrogens with one attached hydrogen (secondary N) is 1. The van der Waals surface area contributed by atoms with Crippen LogP contribution >= 0.6 is 0 Å². The van der Waals surface area contributed by atoms with E-state index < -0.39 is 0 Å². The fourth-order valence-corrected chi connectivity index (χ4v) is 3.06. The Labute approximate surface area is 153 Å². The molecule has 8 nitrogen and oxygen atoms in total. The molecule has 1 N–H and O–H groups in total. The molecule has 3 rings (SSSR count). The molecule has 0 spiro atoms. The zero-order valence-electron chi connectivity index (χ0n) is 15.3. The number of nitriles is 1. The van der Waals surface area contributed by atoms with Crippen LogP contribution < -0.4 is 15.1 Å². The van der Waals surface area contributed by atoms with E-state index in [0.29, 0.717) is 5.69 Å². The van der Waals surface area contributed by atoms with Gasteiger partial charge < -0.3 is 19.9 Å². The Morgan fingerprint density at radius 3 is 2.85 bits per heavy atom. The molecule has 0 radical (unpaired) electrons. The van der Waals surface area contributed by atoms with Crippen molar-refractivity contribution in [3.8, 4) is 6.07 Å². The SMILES string of the molecule is CO[C@@H]1C[C@H](CNc2ccc(C#N)nc2)N(c2cc(N(C)C)ncn2)C1. The van der Waals surface area contributed by atoms with Gasteiger partial charge in [0.2, 0.25) is 0 Å². The Morgan fingerprint density at radius 2 is 2.19 bits per heavy atom. The lowest BCUT2D eigenvalue weighted by Crippen LogP contribution is -2.35. The van der Waals surface area contributed by atoms with Gasteiger partial charge >= 0.3 is 0 Å². The molecule has 0 saturated carbocycles. The lowest BCUT2D eigenvalue weighted by molar-refractivity contribution is 0.118. The number of aromatic nitrogens is 3. The summed E-state index contributed by atoms with van der Waals surface area (Å²) in [4.78, 5) is 17.1. The van der Waals surface area contributed by atoms with Crippen LogP contribution in [0.1, 0.15) is 12.1 Å². The van der Waals surface area contributed by atoms with Crippen molar-refractivity contribution < 1.29 is 4.74 Å². The Bertz CT molecular complexity index is 772. The maximum atomic E-state index is 8.84. The first-order valence-electron chi connectivity index (χ1n) is 8.49. The lowest BCUT2D eigenvalue weighted by atomic mass is 10.2. The number of anilines is 3. The van der Waals surface area contributed by atoms with Crippen LogP contribution in [0.2, 0.25) is 0 Å². The van der Waals surface area contributed by atoms with E-state index in [1.165, 1.54) is 0 Å². The summed E-state index contributed by atoms with van der Waals surface area (Å²) in [5.41, 5.74) is 1.30. The van der Waals surface area contributed by atoms with Crippen LogP contribution in [-0.2, 0) is 4.74 Å². The van der Waals surface area contributed by atoms with Gasteiger partial charge in [-0.15, -0.1) is 0 Å². The number of rotatable bonds is 6. The zero-order valence-corrected chi connectivity index (χ0v) is 15.3. The van der Waals surface area contributed by atoms with Crippen LogP contribution in [0, 0.1) is 11.3 Å². The van der Waals surface area contributed by atoms with Crippen molar-refractivity contribution in [1.29, 1.82) is 5.26 Å². The van der Waals surface area contributed by atoms with Gasteiger partial charge in [0.15, 0.2) is 0 Å². The lowest BCUT2D eigenvalue weighted by Gasteiger charge is -2.26. The molecule has 2 aromatic heterocycles. The monoisotopic (exact) mass is 353 g/mol. The number of ether oxygens (including phenoxy) is 1. The Kier molecular flexibility index (Phi) is 5.49. The van der Waals surface area contributed by atoms with Crippen LogP contribution in [0.25, 0.3) is 0 Å². The van der Waals surface area contributed by atoms with Gasteiger partial charge in [0, 0.05) is 40.4 Å². The largest absolute Gasteiger partial charge is 0.382 e. The highest BCUT2D eigenvalue weighted by molar-refractivity contribution is 5.51. The Hall–Kier alpha value is -2.92. The van der Waals surface area contributed by atoms with E-state index >= 15 is 0 Å². The quantitative estimate of drug-likeness (QED) is 0.836. The molecule has 8 heteroatoms. The second kappa shape index (κ2) is 7.97. The Morgan fingerprint density at radius 1 is 1.35 bits per heavy atom. The van der Waals surface area contributed by atoms with E-state index in [9.17, 15) is 0 Å². The summed E-state index contributed by atoms with van der Waals surface area (Å²) in [6, 6.07) is 7.83. The summed E-state index contributed by atoms with van der Waals surface area (Å²) in [5.74, 6) is 1.77. The van der Waals surface area contributed by atoms with Crippen molar-refractivity contribution in [1.82, 2.24) is 15.0 Å². The normalized spacial score (nSPS) is 19.2. The summed E-state index contributed by atoms with van der Waals surface area (Å²) >= 11 is 0. The molecule has 1 aliphatic heterocycles. The third-order valence-corrected chi connectivity index (χ3v) is 4.52. The average molecular weight is 353 g/mol. The van der Waals surface area contributed by atoms with Gasteiger partial charge in [-0.25, -0.2) is 15.0 Å². The summed E-state index contributed by atoms with van der Waals surface area (Å²) < 4.78 is 5.58. The number of pyridine rings is 1. The average Bonchev–Trinajstić information content (AvgIpc) is 3.10. The molecule has 0 amide bonds. The highest BCUT2D eigenvalue weighted by Gasteiger charge is 2.33. The topological polar surface area (TPSA) is 90.2 Å². The fourth-order valence-electron chi connectivity index (χ4n) is 3.06. The van der Waals surface area contributed by atoms with Crippen LogP contribution in [-0.4, -0.2) is 61.4 Å². The van der Waals surface area contributed by atoms with Gasteiger partial charge in [0.05, 0.1) is 24.0 Å². The summed E-state index contributed by atoms with van der Waals surface area (Å²) in [6.45, 7) is 1.52. The van der Waals surface area contributed by atoms with Crippen molar-refractivity contribution in [3.63, 3.8) is 0 Å². The van der Waals surface area contributed by atoms with E-state index in [0.717, 1.165) is 36.8 Å². The van der Waals surface area contributed by atoms with Gasteiger partial charge in [-0.1, -0.05) is 0 Å². The molecule has 26 heavy (non-hydrogen) atoms. The number of methoxy groups -OCH3 is 1. The minimum absolute atomic E-state index is 0.165. The maximum Gasteiger partial charge on any atom is 0.140 e. The zero-order chi connectivity index (χ0) is 18.5. The fraction of sp³-hybridized carbons (Fsp3) is 0.444. The van der Waals surface area contributed by atoms with Crippen molar-refractivity contribution in [2.45, 2.75) is 18.6 Å². The molecule has 2 atom stereocenters. The van der Waals surface area contributed by atoms with Crippen molar-refractivity contribution in [2.75, 3.05) is 49.4 Å². The minimum Gasteiger partial charge on any atom is -0.382 e. The second-order valence-electron chi connectivity index (χ2n) is 6.45. The molecule has 136 valence electrons. The standard InChI is InChI=1S/C18H23N7O/c1-24(2)17-7-18(23-12-22-17)25-11-16(26-3)6-15(25)10-21-14-5-4-13(8-19)20-9-14/h4-5,7,9,12,15-16,21H,6,10-11H2,1-3H3/t15-,16-/m1/s1. The smallest absolute Gasteiger partial charge is 0.140 e. The molecule has 1 fully saturated rings. The molecular formula is C18H23N7O. The molecule has 0 aliphatic carbocycles. The van der Waals surface area contributed by atoms with Crippen molar-refractivity contribution >= 4 is 17.3 Å². The van der Waals surface area contributed by atoms with E-state index in [2.05, 4.69) is 25.2 Å². The predicted molar refractivity (Wildman–Crippen MR) is 100 cm³/mol. The molecule has 1 aliphatic rings. The molecular weight excluding hydrogens is 330 g/mol. The van der Waals surface area contributed by atoms with Crippen LogP contribution in [0.4, 0.5) is 17.3 Å². The van der Waals surface area contributed by atoms with E-state index in [1.807, 2.05) is 37.2 Å². The van der Waals surface area contributed by atoms with Gasteiger partial charge in [-0.2, -0.15) is 5.26 Å². The molecule has 0 unspecified atom stereocenters. The van der Waals surface area contributed by atoms with Gasteiger partial charge in [0.1, 0.15) is 29.7 Å². The summed E-state index contributed by atoms with van der Waals surface area (Å²) in [6.07, 6.45) is 4.35. The first-order valence-corrected chi connectivity index (χ1v) is 8.49. The van der Waals surface area contributed by atoms with Gasteiger partial charge in [0.25, 0.3) is 0 Å². The second-order valence-corrected chi connectivity index (χ2v) is 6.45. The van der Waals surface area contributed by atoms with Crippen LogP contribution in [0.15, 0.2) is 30.7 Å². The molecule has 1 saturated heterocycles. The minimum atomic E-state index is 0.165. The third kappa shape index (κ3) is 4.00. The van der Waals surface area contributed by atoms with Crippen LogP contribution in [0.3, 0.4) is 0 Å².